The topological polar surface area (TPSA) is 116 Å². The van der Waals surface area contributed by atoms with Crippen molar-refractivity contribution >= 4 is 20.2 Å². The number of benzene rings is 3. The van der Waals surface area contributed by atoms with Crippen molar-refractivity contribution in [3.05, 3.63) is 82.9 Å². The van der Waals surface area contributed by atoms with Gasteiger partial charge in [-0.25, -0.2) is 0 Å². The Morgan fingerprint density at radius 2 is 1.29 bits per heavy atom. The van der Waals surface area contributed by atoms with Gasteiger partial charge in [0.05, 0.1) is 12.0 Å². The van der Waals surface area contributed by atoms with Gasteiger partial charge >= 0.3 is 10.1 Å². The van der Waals surface area contributed by atoms with E-state index in [2.05, 4.69) is 0 Å². The quantitative estimate of drug-likeness (QED) is 0.244. The van der Waals surface area contributed by atoms with E-state index >= 15 is 0 Å². The van der Waals surface area contributed by atoms with E-state index in [-0.39, 0.29) is 15.5 Å². The molecule has 0 aliphatic carbocycles. The molecule has 0 saturated carbocycles. The predicted molar refractivity (Wildman–Crippen MR) is 126 cm³/mol. The zero-order chi connectivity index (χ0) is 24.9. The highest BCUT2D eigenvalue weighted by molar-refractivity contribution is 7.86. The number of ether oxygens (including phenoxy) is 1. The van der Waals surface area contributed by atoms with Gasteiger partial charge in [-0.1, -0.05) is 51.9 Å². The van der Waals surface area contributed by atoms with Crippen LogP contribution in [-0.4, -0.2) is 28.5 Å². The van der Waals surface area contributed by atoms with Crippen molar-refractivity contribution in [2.75, 3.05) is 7.11 Å². The van der Waals surface area contributed by atoms with Crippen LogP contribution in [0.2, 0.25) is 0 Å². The van der Waals surface area contributed by atoms with E-state index in [0.29, 0.717) is 36.1 Å². The van der Waals surface area contributed by atoms with E-state index in [1.807, 2.05) is 13.8 Å². The smallest absolute Gasteiger partial charge is 0.332 e. The highest BCUT2D eigenvalue weighted by Crippen LogP contribution is 2.29. The summed E-state index contributed by atoms with van der Waals surface area (Å²) in [5, 5.41) is 0. The Balaban J connectivity index is 1.80. The second kappa shape index (κ2) is 10.6. The monoisotopic (exact) mass is 506 g/mol. The van der Waals surface area contributed by atoms with E-state index in [4.69, 9.17) is 14.0 Å². The summed E-state index contributed by atoms with van der Waals surface area (Å²) in [6, 6.07) is 16.0. The van der Waals surface area contributed by atoms with Gasteiger partial charge < -0.3 is 9.62 Å². The Labute approximate surface area is 199 Å². The average Bonchev–Trinajstić information content (AvgIpc) is 2.77. The van der Waals surface area contributed by atoms with Crippen LogP contribution in [0.1, 0.15) is 28.7 Å². The first-order valence-electron chi connectivity index (χ1n) is 10.4. The maximum Gasteiger partial charge on any atom is 0.332 e. The largest absolute Gasteiger partial charge is 0.493 e. The molecule has 182 valence electrons. The van der Waals surface area contributed by atoms with Gasteiger partial charge in [0.15, 0.2) is 5.75 Å². The summed E-state index contributed by atoms with van der Waals surface area (Å²) < 4.78 is 68.7. The molecule has 0 aliphatic rings. The van der Waals surface area contributed by atoms with Gasteiger partial charge in [0, 0.05) is 0 Å². The van der Waals surface area contributed by atoms with Crippen molar-refractivity contribution < 1.29 is 35.3 Å². The summed E-state index contributed by atoms with van der Waals surface area (Å²) >= 11 is 0. The first kappa shape index (κ1) is 25.7. The molecule has 3 aromatic carbocycles. The lowest BCUT2D eigenvalue weighted by Crippen LogP contribution is -2.13. The van der Waals surface area contributed by atoms with Crippen molar-refractivity contribution in [1.29, 1.82) is 0 Å². The standard InChI is InChI=1S/C24H26O8S2/c1-17-11-13-23(33(25,26)27)19(15-17)7-6-8-20-16-18(2)12-14-24(20)34(28,29)32-31-22-10-5-4-9-21(22)30-3/h4-5,9-16H,6-8H2,1-3H3,(H,25,26,27). The number of para-hydroxylation sites is 2. The lowest BCUT2D eigenvalue weighted by atomic mass is 10.0. The lowest BCUT2D eigenvalue weighted by Gasteiger charge is -2.13. The lowest BCUT2D eigenvalue weighted by molar-refractivity contribution is -0.0943. The van der Waals surface area contributed by atoms with Crippen molar-refractivity contribution in [3.63, 3.8) is 0 Å². The molecule has 0 bridgehead atoms. The fourth-order valence-corrected chi connectivity index (χ4v) is 5.26. The molecule has 10 heteroatoms. The van der Waals surface area contributed by atoms with Crippen LogP contribution < -0.4 is 9.62 Å². The third-order valence-corrected chi connectivity index (χ3v) is 7.29. The predicted octanol–water partition coefficient (Wildman–Crippen LogP) is 4.43. The Bertz CT molecular complexity index is 1380. The van der Waals surface area contributed by atoms with E-state index < -0.39 is 20.2 Å². The highest BCUT2D eigenvalue weighted by atomic mass is 32.2. The van der Waals surface area contributed by atoms with Gasteiger partial charge in [0.2, 0.25) is 5.75 Å². The molecule has 0 unspecified atom stereocenters. The Kier molecular flexibility index (Phi) is 7.98. The molecule has 0 heterocycles. The van der Waals surface area contributed by atoms with Gasteiger partial charge in [-0.3, -0.25) is 4.55 Å². The number of aryl methyl sites for hydroxylation is 4. The number of hydrogen-bond acceptors (Lipinski definition) is 7. The summed E-state index contributed by atoms with van der Waals surface area (Å²) in [7, 11) is -7.22. The average molecular weight is 507 g/mol. The van der Waals surface area contributed by atoms with Crippen molar-refractivity contribution in [1.82, 2.24) is 0 Å². The molecule has 0 saturated heterocycles. The molecular formula is C24H26O8S2. The maximum absolute atomic E-state index is 12.9. The first-order valence-corrected chi connectivity index (χ1v) is 13.3. The van der Waals surface area contributed by atoms with E-state index in [1.54, 1.807) is 42.5 Å². The Morgan fingerprint density at radius 3 is 1.85 bits per heavy atom. The van der Waals surface area contributed by atoms with Gasteiger partial charge in [0.25, 0.3) is 10.1 Å². The molecule has 3 rings (SSSR count). The minimum Gasteiger partial charge on any atom is -0.493 e. The minimum atomic E-state index is -4.37. The van der Waals surface area contributed by atoms with Crippen molar-refractivity contribution in [3.8, 4) is 11.5 Å². The minimum absolute atomic E-state index is 0.0488. The van der Waals surface area contributed by atoms with Gasteiger partial charge in [-0.2, -0.15) is 16.8 Å². The number of rotatable bonds is 10. The molecule has 0 atom stereocenters. The molecule has 0 amide bonds. The summed E-state index contributed by atoms with van der Waals surface area (Å²) in [6.45, 7) is 3.66. The van der Waals surface area contributed by atoms with E-state index in [1.165, 1.54) is 25.3 Å². The van der Waals surface area contributed by atoms with Crippen molar-refractivity contribution in [2.45, 2.75) is 42.9 Å². The van der Waals surface area contributed by atoms with Crippen LogP contribution in [0.5, 0.6) is 11.5 Å². The maximum atomic E-state index is 12.9. The molecule has 0 radical (unpaired) electrons. The van der Waals surface area contributed by atoms with Crippen molar-refractivity contribution in [2.24, 2.45) is 0 Å². The Hall–Kier alpha value is -2.92. The zero-order valence-corrected chi connectivity index (χ0v) is 20.6. The molecule has 0 aliphatic heterocycles. The van der Waals surface area contributed by atoms with E-state index in [9.17, 15) is 21.4 Å². The van der Waals surface area contributed by atoms with Crippen LogP contribution in [0.4, 0.5) is 0 Å². The SMILES string of the molecule is COc1ccccc1OOS(=O)(=O)c1ccc(C)cc1CCCc1cc(C)ccc1S(=O)(=O)O. The highest BCUT2D eigenvalue weighted by Gasteiger charge is 2.23. The van der Waals surface area contributed by atoms with Crippen LogP contribution in [0.3, 0.4) is 0 Å². The third kappa shape index (κ3) is 6.35. The van der Waals surface area contributed by atoms with Crippen LogP contribution in [0.25, 0.3) is 0 Å². The van der Waals surface area contributed by atoms with Gasteiger partial charge in [0.1, 0.15) is 4.90 Å². The van der Waals surface area contributed by atoms with Crippen LogP contribution in [0, 0.1) is 13.8 Å². The number of hydrogen-bond donors (Lipinski definition) is 1. The fourth-order valence-electron chi connectivity index (χ4n) is 3.58. The molecule has 0 fully saturated rings. The zero-order valence-electron chi connectivity index (χ0n) is 19.0. The molecule has 0 spiro atoms. The van der Waals surface area contributed by atoms with Crippen LogP contribution in [0.15, 0.2) is 70.5 Å². The molecule has 3 aromatic rings. The second-order valence-electron chi connectivity index (χ2n) is 7.81. The summed E-state index contributed by atoms with van der Waals surface area (Å²) in [5.74, 6) is 0.425. The molecule has 8 nitrogen and oxygen atoms in total. The molecule has 1 N–H and O–H groups in total. The van der Waals surface area contributed by atoms with Crippen LogP contribution >= 0.6 is 0 Å². The summed E-state index contributed by atoms with van der Waals surface area (Å²) in [6.07, 6.45) is 1.08. The second-order valence-corrected chi connectivity index (χ2v) is 10.7. The third-order valence-electron chi connectivity index (χ3n) is 5.15. The molecule has 34 heavy (non-hydrogen) atoms. The van der Waals surface area contributed by atoms with Gasteiger partial charge in [-0.15, -0.1) is 0 Å². The summed E-state index contributed by atoms with van der Waals surface area (Å²) in [5.41, 5.74) is 2.68. The summed E-state index contributed by atoms with van der Waals surface area (Å²) in [4.78, 5) is 4.87. The Morgan fingerprint density at radius 1 is 0.765 bits per heavy atom. The van der Waals surface area contributed by atoms with Crippen LogP contribution in [-0.2, 0) is 37.4 Å². The van der Waals surface area contributed by atoms with E-state index in [0.717, 1.165) is 11.1 Å². The first-order chi connectivity index (χ1) is 16.0. The fraction of sp³-hybridized carbons (Fsp3) is 0.250. The molecular weight excluding hydrogens is 480 g/mol. The molecule has 0 aromatic heterocycles. The van der Waals surface area contributed by atoms with Gasteiger partial charge in [-0.05, 0) is 68.5 Å². The normalized spacial score (nSPS) is 11.9. The number of methoxy groups -OCH3 is 1.